The number of aromatic nitrogens is 1. The summed E-state index contributed by atoms with van der Waals surface area (Å²) in [6, 6.07) is 11.7. The van der Waals surface area contributed by atoms with Crippen molar-refractivity contribution in [3.63, 3.8) is 0 Å². The molecule has 3 heterocycles. The third-order valence-electron chi connectivity index (χ3n) is 7.35. The van der Waals surface area contributed by atoms with Crippen LogP contribution >= 0.6 is 11.6 Å². The number of nitrogens with one attached hydrogen (secondary N) is 1. The Morgan fingerprint density at radius 3 is 2.65 bits per heavy atom. The van der Waals surface area contributed by atoms with E-state index in [0.717, 1.165) is 40.8 Å². The molecule has 1 fully saturated rings. The lowest BCUT2D eigenvalue weighted by Gasteiger charge is -2.42. The molecule has 3 aromatic rings. The normalized spacial score (nSPS) is 22.1. The van der Waals surface area contributed by atoms with Gasteiger partial charge in [0.2, 0.25) is 0 Å². The molecule has 2 aliphatic heterocycles. The number of nitrogens with zero attached hydrogens (tertiary/aromatic N) is 3. The van der Waals surface area contributed by atoms with Crippen LogP contribution in [0.3, 0.4) is 0 Å². The highest BCUT2D eigenvalue weighted by Crippen LogP contribution is 2.49. The number of aromatic hydroxyl groups is 1. The summed E-state index contributed by atoms with van der Waals surface area (Å²) in [5.74, 6) is -0.0707. The van der Waals surface area contributed by atoms with E-state index in [-0.39, 0.29) is 17.7 Å². The Morgan fingerprint density at radius 1 is 1.18 bits per heavy atom. The van der Waals surface area contributed by atoms with E-state index in [9.17, 15) is 14.7 Å². The van der Waals surface area contributed by atoms with Gasteiger partial charge in [-0.05, 0) is 61.5 Å². The Bertz CT molecular complexity index is 1280. The summed E-state index contributed by atoms with van der Waals surface area (Å²) in [6.07, 6.45) is 0.393. The number of hydrogen-bond donors (Lipinski definition) is 2. The van der Waals surface area contributed by atoms with Crippen LogP contribution in [-0.2, 0) is 11.2 Å². The first-order valence-electron chi connectivity index (χ1n) is 11.7. The van der Waals surface area contributed by atoms with Gasteiger partial charge in [-0.25, -0.2) is 4.79 Å². The SMILES string of the molecule is CCN(CC)CCN1C(=O)N2[C@H](c3cccc(O)c3)c3[nH]c4ccc(Cl)cc4c3C[C@@]2(C)C1=O. The predicted octanol–water partition coefficient (Wildman–Crippen LogP) is 4.54. The number of likely N-dealkylation sites (N-methyl/N-ethyl adjacent to an activating group) is 1. The summed E-state index contributed by atoms with van der Waals surface area (Å²) >= 11 is 6.32. The second kappa shape index (κ2) is 8.32. The zero-order valence-electron chi connectivity index (χ0n) is 19.6. The largest absolute Gasteiger partial charge is 0.508 e. The number of carbonyl (C=O) groups excluding carboxylic acids is 2. The van der Waals surface area contributed by atoms with Crippen molar-refractivity contribution in [3.8, 4) is 5.75 Å². The molecular formula is C26H29ClN4O3. The Labute approximate surface area is 203 Å². The first-order valence-corrected chi connectivity index (χ1v) is 12.1. The number of phenolic OH excluding ortho intramolecular Hbond substituents is 1. The Morgan fingerprint density at radius 2 is 1.94 bits per heavy atom. The quantitative estimate of drug-likeness (QED) is 0.508. The second-order valence-electron chi connectivity index (χ2n) is 9.29. The standard InChI is InChI=1S/C26H29ClN4O3/c1-4-29(5-2)11-12-30-24(33)26(3)15-20-19-14-17(27)9-10-21(19)28-22(20)23(31(26)25(30)34)16-7-6-8-18(32)13-16/h6-10,13-14,23,28,32H,4-5,11-12,15H2,1-3H3/t23-,26+/m1/s1. The number of H-pyrrole nitrogens is 1. The van der Waals surface area contributed by atoms with Crippen LogP contribution in [0.4, 0.5) is 4.79 Å². The number of aromatic amines is 1. The smallest absolute Gasteiger partial charge is 0.328 e. The molecule has 2 aromatic carbocycles. The van der Waals surface area contributed by atoms with Crippen molar-refractivity contribution in [1.29, 1.82) is 0 Å². The van der Waals surface area contributed by atoms with Gasteiger partial charge in [0.1, 0.15) is 17.3 Å². The number of amides is 3. The van der Waals surface area contributed by atoms with Crippen LogP contribution in [0.15, 0.2) is 42.5 Å². The van der Waals surface area contributed by atoms with Gasteiger partial charge < -0.3 is 15.0 Å². The van der Waals surface area contributed by atoms with Gasteiger partial charge in [-0.2, -0.15) is 0 Å². The van der Waals surface area contributed by atoms with Gasteiger partial charge in [-0.3, -0.25) is 14.6 Å². The molecule has 5 rings (SSSR count). The zero-order chi connectivity index (χ0) is 24.2. The zero-order valence-corrected chi connectivity index (χ0v) is 20.4. The van der Waals surface area contributed by atoms with Gasteiger partial charge >= 0.3 is 6.03 Å². The highest BCUT2D eigenvalue weighted by atomic mass is 35.5. The molecule has 3 amide bonds. The van der Waals surface area contributed by atoms with Gasteiger partial charge in [0.05, 0.1) is 0 Å². The van der Waals surface area contributed by atoms with E-state index in [2.05, 4.69) is 23.7 Å². The predicted molar refractivity (Wildman–Crippen MR) is 132 cm³/mol. The topological polar surface area (TPSA) is 79.9 Å². The van der Waals surface area contributed by atoms with E-state index in [1.54, 1.807) is 23.1 Å². The van der Waals surface area contributed by atoms with Gasteiger partial charge in [0.25, 0.3) is 5.91 Å². The van der Waals surface area contributed by atoms with Crippen molar-refractivity contribution in [2.24, 2.45) is 0 Å². The Kier molecular flexibility index (Phi) is 5.57. The maximum Gasteiger partial charge on any atom is 0.328 e. The molecule has 2 N–H and O–H groups in total. The number of carbonyl (C=O) groups is 2. The van der Waals surface area contributed by atoms with Crippen LogP contribution in [0.1, 0.15) is 43.6 Å². The molecule has 0 aliphatic carbocycles. The van der Waals surface area contributed by atoms with E-state index in [1.165, 1.54) is 4.90 Å². The fourth-order valence-corrected chi connectivity index (χ4v) is 5.68. The molecule has 0 bridgehead atoms. The fourth-order valence-electron chi connectivity index (χ4n) is 5.50. The number of halogens is 1. The van der Waals surface area contributed by atoms with Gasteiger partial charge in [0, 0.05) is 41.1 Å². The average molecular weight is 481 g/mol. The number of rotatable bonds is 6. The lowest BCUT2D eigenvalue weighted by Crippen LogP contribution is -2.53. The maximum absolute atomic E-state index is 13.8. The van der Waals surface area contributed by atoms with Crippen LogP contribution in [0.25, 0.3) is 10.9 Å². The highest BCUT2D eigenvalue weighted by Gasteiger charge is 2.60. The fraction of sp³-hybridized carbons (Fsp3) is 0.385. The lowest BCUT2D eigenvalue weighted by atomic mass is 9.81. The average Bonchev–Trinajstić information content (AvgIpc) is 3.25. The molecule has 0 unspecified atom stereocenters. The van der Waals surface area contributed by atoms with Crippen LogP contribution in [0, 0.1) is 0 Å². The number of benzene rings is 2. The Hall–Kier alpha value is -3.03. The van der Waals surface area contributed by atoms with Crippen LogP contribution < -0.4 is 0 Å². The van der Waals surface area contributed by atoms with E-state index < -0.39 is 11.6 Å². The first kappa shape index (κ1) is 22.7. The molecule has 2 aliphatic rings. The van der Waals surface area contributed by atoms with Crippen molar-refractivity contribution >= 4 is 34.4 Å². The lowest BCUT2D eigenvalue weighted by molar-refractivity contribution is -0.133. The molecule has 0 saturated carbocycles. The maximum atomic E-state index is 13.8. The number of fused-ring (bicyclic) bond motifs is 4. The third-order valence-corrected chi connectivity index (χ3v) is 7.58. The first-order chi connectivity index (χ1) is 16.3. The molecule has 1 aromatic heterocycles. The van der Waals surface area contributed by atoms with E-state index in [0.29, 0.717) is 24.5 Å². The summed E-state index contributed by atoms with van der Waals surface area (Å²) in [5.41, 5.74) is 2.45. The van der Waals surface area contributed by atoms with Crippen molar-refractivity contribution in [1.82, 2.24) is 19.7 Å². The molecule has 0 spiro atoms. The molecule has 2 atom stereocenters. The molecular weight excluding hydrogens is 452 g/mol. The number of hydrogen-bond acceptors (Lipinski definition) is 4. The third kappa shape index (κ3) is 3.37. The minimum Gasteiger partial charge on any atom is -0.508 e. The van der Waals surface area contributed by atoms with Gasteiger partial charge in [-0.1, -0.05) is 37.6 Å². The highest BCUT2D eigenvalue weighted by molar-refractivity contribution is 6.31. The van der Waals surface area contributed by atoms with E-state index >= 15 is 0 Å². The monoisotopic (exact) mass is 480 g/mol. The minimum absolute atomic E-state index is 0.113. The van der Waals surface area contributed by atoms with Crippen LogP contribution in [0.2, 0.25) is 5.02 Å². The van der Waals surface area contributed by atoms with Crippen molar-refractivity contribution in [2.45, 2.75) is 38.8 Å². The summed E-state index contributed by atoms with van der Waals surface area (Å²) in [6.45, 7) is 8.69. The summed E-state index contributed by atoms with van der Waals surface area (Å²) in [7, 11) is 0. The minimum atomic E-state index is -1.04. The molecule has 178 valence electrons. The van der Waals surface area contributed by atoms with Gasteiger partial charge in [0.15, 0.2) is 0 Å². The van der Waals surface area contributed by atoms with E-state index in [1.807, 2.05) is 31.2 Å². The summed E-state index contributed by atoms with van der Waals surface area (Å²) in [4.78, 5) is 36.4. The molecule has 1 saturated heterocycles. The van der Waals surface area contributed by atoms with Crippen LogP contribution in [0.5, 0.6) is 5.75 Å². The summed E-state index contributed by atoms with van der Waals surface area (Å²) in [5, 5.41) is 11.8. The molecule has 34 heavy (non-hydrogen) atoms. The molecule has 0 radical (unpaired) electrons. The number of phenols is 1. The van der Waals surface area contributed by atoms with Crippen molar-refractivity contribution in [2.75, 3.05) is 26.2 Å². The molecule has 7 nitrogen and oxygen atoms in total. The number of urea groups is 1. The second-order valence-corrected chi connectivity index (χ2v) is 9.73. The van der Waals surface area contributed by atoms with Gasteiger partial charge in [-0.15, -0.1) is 0 Å². The van der Waals surface area contributed by atoms with Crippen LogP contribution in [-0.4, -0.2) is 68.4 Å². The summed E-state index contributed by atoms with van der Waals surface area (Å²) < 4.78 is 0. The Balaban J connectivity index is 1.65. The van der Waals surface area contributed by atoms with Crippen molar-refractivity contribution in [3.05, 3.63) is 64.3 Å². The van der Waals surface area contributed by atoms with E-state index in [4.69, 9.17) is 11.6 Å². The van der Waals surface area contributed by atoms with Crippen molar-refractivity contribution < 1.29 is 14.7 Å². The number of imide groups is 1. The molecule has 8 heteroatoms.